The largest absolute Gasteiger partial charge is 0.364 e. The van der Waals surface area contributed by atoms with Crippen LogP contribution in [0.3, 0.4) is 0 Å². The van der Waals surface area contributed by atoms with Crippen LogP contribution in [-0.4, -0.2) is 17.9 Å². The molecule has 1 amide bonds. The number of amides is 1. The lowest BCUT2D eigenvalue weighted by atomic mass is 9.80. The Kier molecular flexibility index (Phi) is 2.74. The predicted molar refractivity (Wildman–Crippen MR) is 79.0 cm³/mol. The molecule has 0 radical (unpaired) electrons. The van der Waals surface area contributed by atoms with Crippen molar-refractivity contribution in [2.24, 2.45) is 0 Å². The van der Waals surface area contributed by atoms with Crippen LogP contribution in [0.5, 0.6) is 0 Å². The molecule has 0 spiro atoms. The molecule has 0 aliphatic carbocycles. The molecule has 0 saturated heterocycles. The van der Waals surface area contributed by atoms with Crippen LogP contribution in [0.2, 0.25) is 0 Å². The standard InChI is InChI=1S/C15H19N3O2/c1-4-5-13-16-11-6-9-10(7-12(11)17-13)18-14(20)15(9,3)8(2)19/h6-7,13,16-17H,4-5H2,1-3H3,(H,18,20). The molecule has 1 aromatic rings. The Bertz CT molecular complexity index is 611. The maximum Gasteiger partial charge on any atom is 0.242 e. The third-order valence-corrected chi connectivity index (χ3v) is 4.34. The summed E-state index contributed by atoms with van der Waals surface area (Å²) in [5.41, 5.74) is 2.37. The third-order valence-electron chi connectivity index (χ3n) is 4.34. The van der Waals surface area contributed by atoms with E-state index in [1.807, 2.05) is 12.1 Å². The van der Waals surface area contributed by atoms with Crippen molar-refractivity contribution in [1.29, 1.82) is 0 Å². The Morgan fingerprint density at radius 2 is 1.90 bits per heavy atom. The van der Waals surface area contributed by atoms with Gasteiger partial charge in [-0.25, -0.2) is 0 Å². The number of carbonyl (C=O) groups is 2. The molecule has 2 heterocycles. The second-order valence-electron chi connectivity index (χ2n) is 5.71. The highest BCUT2D eigenvalue weighted by molar-refractivity contribution is 6.21. The van der Waals surface area contributed by atoms with Crippen molar-refractivity contribution in [1.82, 2.24) is 0 Å². The Hall–Kier alpha value is -2.04. The lowest BCUT2D eigenvalue weighted by molar-refractivity contribution is -0.130. The fraction of sp³-hybridized carbons (Fsp3) is 0.467. The summed E-state index contributed by atoms with van der Waals surface area (Å²) in [5, 5.41) is 9.60. The first-order valence-electron chi connectivity index (χ1n) is 7.01. The van der Waals surface area contributed by atoms with E-state index < -0.39 is 5.41 Å². The highest BCUT2D eigenvalue weighted by Crippen LogP contribution is 2.44. The van der Waals surface area contributed by atoms with Gasteiger partial charge in [0.1, 0.15) is 11.2 Å². The number of carbonyl (C=O) groups excluding carboxylic acids is 2. The lowest BCUT2D eigenvalue weighted by Crippen LogP contribution is -2.37. The molecule has 1 aromatic carbocycles. The van der Waals surface area contributed by atoms with Crippen molar-refractivity contribution in [3.8, 4) is 0 Å². The van der Waals surface area contributed by atoms with Crippen molar-refractivity contribution < 1.29 is 9.59 Å². The average molecular weight is 273 g/mol. The Balaban J connectivity index is 2.03. The van der Waals surface area contributed by atoms with E-state index in [-0.39, 0.29) is 17.9 Å². The number of rotatable bonds is 3. The molecule has 20 heavy (non-hydrogen) atoms. The summed E-state index contributed by atoms with van der Waals surface area (Å²) in [6.45, 7) is 5.29. The number of fused-ring (bicyclic) bond motifs is 2. The van der Waals surface area contributed by atoms with Crippen LogP contribution in [0.1, 0.15) is 39.2 Å². The fourth-order valence-electron chi connectivity index (χ4n) is 2.92. The van der Waals surface area contributed by atoms with Crippen LogP contribution in [0.25, 0.3) is 0 Å². The van der Waals surface area contributed by atoms with Gasteiger partial charge in [0, 0.05) is 11.3 Å². The highest BCUT2D eigenvalue weighted by atomic mass is 16.2. The summed E-state index contributed by atoms with van der Waals surface area (Å²) in [7, 11) is 0. The minimum atomic E-state index is -1.07. The van der Waals surface area contributed by atoms with E-state index in [9.17, 15) is 9.59 Å². The van der Waals surface area contributed by atoms with Crippen molar-refractivity contribution in [2.75, 3.05) is 16.0 Å². The summed E-state index contributed by atoms with van der Waals surface area (Å²) in [5.74, 6) is -0.376. The maximum absolute atomic E-state index is 12.1. The van der Waals surface area contributed by atoms with Crippen LogP contribution in [0.4, 0.5) is 17.1 Å². The van der Waals surface area contributed by atoms with Crippen molar-refractivity contribution >= 4 is 28.8 Å². The first-order chi connectivity index (χ1) is 9.46. The van der Waals surface area contributed by atoms with E-state index >= 15 is 0 Å². The molecule has 5 heteroatoms. The van der Waals surface area contributed by atoms with Crippen molar-refractivity contribution in [3.63, 3.8) is 0 Å². The Labute approximate surface area is 118 Å². The molecule has 106 valence electrons. The van der Waals surface area contributed by atoms with E-state index in [1.54, 1.807) is 6.92 Å². The second kappa shape index (κ2) is 4.23. The molecule has 3 N–H and O–H groups in total. The number of nitrogens with one attached hydrogen (secondary N) is 3. The van der Waals surface area contributed by atoms with Gasteiger partial charge in [-0.15, -0.1) is 0 Å². The molecule has 5 nitrogen and oxygen atoms in total. The van der Waals surface area contributed by atoms with Gasteiger partial charge in [0.15, 0.2) is 0 Å². The number of hydrogen-bond acceptors (Lipinski definition) is 4. The highest BCUT2D eigenvalue weighted by Gasteiger charge is 2.47. The summed E-state index contributed by atoms with van der Waals surface area (Å²) in [6, 6.07) is 3.84. The topological polar surface area (TPSA) is 70.2 Å². The number of Topliss-reactive ketones (excluding diaryl/α,β-unsaturated/α-hetero) is 1. The average Bonchev–Trinajstić information content (AvgIpc) is 2.88. The molecular formula is C15H19N3O2. The molecule has 2 aliphatic rings. The quantitative estimate of drug-likeness (QED) is 0.740. The second-order valence-corrected chi connectivity index (χ2v) is 5.71. The van der Waals surface area contributed by atoms with Crippen LogP contribution < -0.4 is 16.0 Å². The zero-order chi connectivity index (χ0) is 14.5. The molecule has 0 aromatic heterocycles. The zero-order valence-electron chi connectivity index (χ0n) is 12.0. The Morgan fingerprint density at radius 1 is 1.25 bits per heavy atom. The maximum atomic E-state index is 12.1. The molecular weight excluding hydrogens is 254 g/mol. The van der Waals surface area contributed by atoms with Gasteiger partial charge in [-0.1, -0.05) is 13.3 Å². The van der Waals surface area contributed by atoms with E-state index in [0.717, 1.165) is 35.5 Å². The van der Waals surface area contributed by atoms with Crippen LogP contribution in [0.15, 0.2) is 12.1 Å². The monoisotopic (exact) mass is 273 g/mol. The van der Waals surface area contributed by atoms with Gasteiger partial charge in [-0.2, -0.15) is 0 Å². The van der Waals surface area contributed by atoms with E-state index in [0.29, 0.717) is 0 Å². The molecule has 2 aliphatic heterocycles. The fourth-order valence-corrected chi connectivity index (χ4v) is 2.92. The molecule has 0 saturated carbocycles. The van der Waals surface area contributed by atoms with Gasteiger partial charge in [0.2, 0.25) is 5.91 Å². The summed E-state index contributed by atoms with van der Waals surface area (Å²) in [6.07, 6.45) is 2.33. The summed E-state index contributed by atoms with van der Waals surface area (Å²) in [4.78, 5) is 24.0. The first kappa shape index (κ1) is 13.0. The number of ketones is 1. The van der Waals surface area contributed by atoms with Gasteiger partial charge < -0.3 is 16.0 Å². The van der Waals surface area contributed by atoms with Gasteiger partial charge in [0.25, 0.3) is 0 Å². The van der Waals surface area contributed by atoms with Gasteiger partial charge in [-0.3, -0.25) is 9.59 Å². The molecule has 3 rings (SSSR count). The zero-order valence-corrected chi connectivity index (χ0v) is 12.0. The number of hydrogen-bond donors (Lipinski definition) is 3. The van der Waals surface area contributed by atoms with E-state index in [4.69, 9.17) is 0 Å². The number of anilines is 3. The SMILES string of the molecule is CCCC1Nc2cc3c(cc2N1)C(C)(C(C)=O)C(=O)N3. The third kappa shape index (κ3) is 1.62. The predicted octanol–water partition coefficient (Wildman–Crippen LogP) is 2.45. The smallest absolute Gasteiger partial charge is 0.242 e. The summed E-state index contributed by atoms with van der Waals surface area (Å²) < 4.78 is 0. The van der Waals surface area contributed by atoms with Crippen molar-refractivity contribution in [2.45, 2.75) is 45.2 Å². The normalized spacial score (nSPS) is 26.4. The van der Waals surface area contributed by atoms with Crippen molar-refractivity contribution in [3.05, 3.63) is 17.7 Å². The van der Waals surface area contributed by atoms with Crippen LogP contribution in [0, 0.1) is 0 Å². The van der Waals surface area contributed by atoms with Gasteiger partial charge >= 0.3 is 0 Å². The number of benzene rings is 1. The molecule has 2 atom stereocenters. The first-order valence-corrected chi connectivity index (χ1v) is 7.01. The molecule has 0 bridgehead atoms. The van der Waals surface area contributed by atoms with E-state index in [2.05, 4.69) is 22.9 Å². The van der Waals surface area contributed by atoms with Crippen LogP contribution >= 0.6 is 0 Å². The minimum absolute atomic E-state index is 0.134. The molecule has 0 fully saturated rings. The van der Waals surface area contributed by atoms with E-state index in [1.165, 1.54) is 6.92 Å². The van der Waals surface area contributed by atoms with Crippen LogP contribution in [-0.2, 0) is 15.0 Å². The minimum Gasteiger partial charge on any atom is -0.364 e. The lowest BCUT2D eigenvalue weighted by Gasteiger charge is -2.18. The molecule has 2 unspecified atom stereocenters. The Morgan fingerprint density at radius 3 is 2.50 bits per heavy atom. The van der Waals surface area contributed by atoms with Gasteiger partial charge in [0.05, 0.1) is 17.5 Å². The summed E-state index contributed by atoms with van der Waals surface area (Å²) >= 11 is 0. The van der Waals surface area contributed by atoms with Gasteiger partial charge in [-0.05, 0) is 32.4 Å².